The highest BCUT2D eigenvalue weighted by molar-refractivity contribution is 6.26. The molecule has 0 aliphatic rings. The van der Waals surface area contributed by atoms with Crippen LogP contribution in [0.25, 0.3) is 32.3 Å². The molecular formula is C31H24N2O2. The van der Waals surface area contributed by atoms with Crippen molar-refractivity contribution in [1.29, 1.82) is 0 Å². The molecule has 35 heavy (non-hydrogen) atoms. The number of hydrogen-bond donors (Lipinski definition) is 2. The lowest BCUT2D eigenvalue weighted by molar-refractivity contribution is 0.281. The van der Waals surface area contributed by atoms with Gasteiger partial charge in [-0.2, -0.15) is 5.10 Å². The fraction of sp³-hybridized carbons (Fsp3) is 0.0645. The number of hydrazone groups is 1. The average molecular weight is 457 g/mol. The van der Waals surface area contributed by atoms with Crippen LogP contribution in [0, 0.1) is 0 Å². The third-order valence-electron chi connectivity index (χ3n) is 6.58. The number of nitrogens with zero attached hydrogens (tertiary/aromatic N) is 2. The van der Waals surface area contributed by atoms with Crippen LogP contribution < -0.4 is 5.01 Å². The summed E-state index contributed by atoms with van der Waals surface area (Å²) in [6.07, 6.45) is 1.92. The first kappa shape index (κ1) is 21.3. The number of anilines is 2. The molecule has 2 N–H and O–H groups in total. The Kier molecular flexibility index (Phi) is 5.38. The number of benzene rings is 6. The maximum atomic E-state index is 9.46. The zero-order valence-corrected chi connectivity index (χ0v) is 19.1. The van der Waals surface area contributed by atoms with E-state index in [1.165, 1.54) is 32.3 Å². The Balaban J connectivity index is 1.51. The second-order valence-corrected chi connectivity index (χ2v) is 8.72. The molecule has 0 saturated carbocycles. The molecule has 6 aromatic rings. The quantitative estimate of drug-likeness (QED) is 0.166. The van der Waals surface area contributed by atoms with Crippen molar-refractivity contribution in [3.8, 4) is 0 Å². The number of rotatable bonds is 6. The van der Waals surface area contributed by atoms with E-state index in [4.69, 9.17) is 5.10 Å². The van der Waals surface area contributed by atoms with Gasteiger partial charge in [-0.3, -0.25) is 0 Å². The predicted molar refractivity (Wildman–Crippen MR) is 145 cm³/mol. The molecule has 0 spiro atoms. The maximum Gasteiger partial charge on any atom is 0.0681 e. The molecule has 0 aromatic heterocycles. The van der Waals surface area contributed by atoms with Crippen molar-refractivity contribution in [2.24, 2.45) is 5.10 Å². The first-order chi connectivity index (χ1) is 17.2. The molecule has 0 amide bonds. The molecule has 0 unspecified atom stereocenters. The fourth-order valence-corrected chi connectivity index (χ4v) is 4.78. The third-order valence-corrected chi connectivity index (χ3v) is 6.58. The Morgan fingerprint density at radius 2 is 1.14 bits per heavy atom. The van der Waals surface area contributed by atoms with E-state index in [1.54, 1.807) is 0 Å². The van der Waals surface area contributed by atoms with E-state index in [0.29, 0.717) is 0 Å². The van der Waals surface area contributed by atoms with Crippen LogP contribution >= 0.6 is 0 Å². The van der Waals surface area contributed by atoms with Crippen LogP contribution in [0.1, 0.15) is 16.7 Å². The number of aliphatic hydroxyl groups is 2. The van der Waals surface area contributed by atoms with Gasteiger partial charge in [-0.25, -0.2) is 5.01 Å². The van der Waals surface area contributed by atoms with Gasteiger partial charge in [-0.1, -0.05) is 72.8 Å². The van der Waals surface area contributed by atoms with Crippen molar-refractivity contribution >= 4 is 49.9 Å². The normalized spacial score (nSPS) is 11.8. The molecule has 170 valence electrons. The van der Waals surface area contributed by atoms with Crippen LogP contribution in [-0.4, -0.2) is 16.4 Å². The summed E-state index contributed by atoms with van der Waals surface area (Å²) in [7, 11) is 0. The van der Waals surface area contributed by atoms with Crippen molar-refractivity contribution in [3.05, 3.63) is 120 Å². The molecule has 0 saturated heterocycles. The molecule has 6 aromatic carbocycles. The molecule has 0 radical (unpaired) electrons. The minimum absolute atomic E-state index is 0.00338. The molecule has 0 heterocycles. The highest BCUT2D eigenvalue weighted by atomic mass is 16.3. The van der Waals surface area contributed by atoms with Crippen molar-refractivity contribution < 1.29 is 10.2 Å². The van der Waals surface area contributed by atoms with Crippen molar-refractivity contribution in [2.45, 2.75) is 13.2 Å². The molecule has 4 nitrogen and oxygen atoms in total. The van der Waals surface area contributed by atoms with Gasteiger partial charge in [0.15, 0.2) is 0 Å². The van der Waals surface area contributed by atoms with Gasteiger partial charge >= 0.3 is 0 Å². The summed E-state index contributed by atoms with van der Waals surface area (Å²) in [6.45, 7) is -0.00676. The van der Waals surface area contributed by atoms with Crippen LogP contribution in [0.2, 0.25) is 0 Å². The molecule has 0 fully saturated rings. The zero-order valence-electron chi connectivity index (χ0n) is 19.1. The molecule has 0 aliphatic heterocycles. The first-order valence-corrected chi connectivity index (χ1v) is 11.7. The van der Waals surface area contributed by atoms with E-state index in [9.17, 15) is 10.2 Å². The average Bonchev–Trinajstić information content (AvgIpc) is 2.93. The van der Waals surface area contributed by atoms with Crippen LogP contribution in [0.4, 0.5) is 11.4 Å². The van der Waals surface area contributed by atoms with Gasteiger partial charge in [0, 0.05) is 5.56 Å². The number of hydrogen-bond acceptors (Lipinski definition) is 4. The summed E-state index contributed by atoms with van der Waals surface area (Å²) in [5.41, 5.74) is 4.50. The van der Waals surface area contributed by atoms with Gasteiger partial charge in [0.25, 0.3) is 0 Å². The van der Waals surface area contributed by atoms with Crippen molar-refractivity contribution in [3.63, 3.8) is 0 Å². The summed E-state index contributed by atoms with van der Waals surface area (Å²) >= 11 is 0. The number of aliphatic hydroxyl groups excluding tert-OH is 2. The van der Waals surface area contributed by atoms with Gasteiger partial charge in [0.2, 0.25) is 0 Å². The molecule has 0 atom stereocenters. The summed E-state index contributed by atoms with van der Waals surface area (Å²) in [5, 5.41) is 33.1. The Morgan fingerprint density at radius 1 is 0.600 bits per heavy atom. The van der Waals surface area contributed by atoms with E-state index >= 15 is 0 Å². The smallest absolute Gasteiger partial charge is 0.0681 e. The van der Waals surface area contributed by atoms with Gasteiger partial charge in [0.05, 0.1) is 30.8 Å². The SMILES string of the molecule is OCc1ccc(N(N=Cc2cc3cccc4ccc5cccc2c5c43)c2ccc(CO)cc2)cc1. The van der Waals surface area contributed by atoms with Gasteiger partial charge in [-0.05, 0) is 73.8 Å². The van der Waals surface area contributed by atoms with Gasteiger partial charge in [0.1, 0.15) is 0 Å². The lowest BCUT2D eigenvalue weighted by Crippen LogP contribution is -2.10. The second-order valence-electron chi connectivity index (χ2n) is 8.72. The molecule has 4 heteroatoms. The zero-order chi connectivity index (χ0) is 23.8. The lowest BCUT2D eigenvalue weighted by Gasteiger charge is -2.20. The van der Waals surface area contributed by atoms with E-state index in [-0.39, 0.29) is 13.2 Å². The summed E-state index contributed by atoms with van der Waals surface area (Å²) in [5.74, 6) is 0. The highest BCUT2D eigenvalue weighted by Gasteiger charge is 2.12. The van der Waals surface area contributed by atoms with Crippen LogP contribution in [0.15, 0.2) is 108 Å². The van der Waals surface area contributed by atoms with Crippen LogP contribution in [0.5, 0.6) is 0 Å². The Morgan fingerprint density at radius 3 is 1.74 bits per heavy atom. The first-order valence-electron chi connectivity index (χ1n) is 11.7. The molecule has 0 bridgehead atoms. The monoisotopic (exact) mass is 456 g/mol. The summed E-state index contributed by atoms with van der Waals surface area (Å²) in [4.78, 5) is 0. The van der Waals surface area contributed by atoms with E-state index in [2.05, 4.69) is 54.6 Å². The van der Waals surface area contributed by atoms with Gasteiger partial charge < -0.3 is 10.2 Å². The third kappa shape index (κ3) is 3.79. The highest BCUT2D eigenvalue weighted by Crippen LogP contribution is 2.36. The van der Waals surface area contributed by atoms with Crippen molar-refractivity contribution in [2.75, 3.05) is 5.01 Å². The van der Waals surface area contributed by atoms with E-state index in [1.807, 2.05) is 59.8 Å². The Labute approximate surface area is 203 Å². The lowest BCUT2D eigenvalue weighted by atomic mass is 9.92. The Hall–Kier alpha value is -4.25. The van der Waals surface area contributed by atoms with E-state index in [0.717, 1.165) is 28.1 Å². The minimum Gasteiger partial charge on any atom is -0.392 e. The molecular weight excluding hydrogens is 432 g/mol. The largest absolute Gasteiger partial charge is 0.392 e. The standard InChI is InChI=1S/C31H24N2O2/c34-19-21-7-13-27(14-8-21)33(28-15-9-22(20-35)10-16-28)32-18-26-17-25-5-1-3-23-11-12-24-4-2-6-29(26)31(24)30(23)25/h1-18,34-35H,19-20H2. The van der Waals surface area contributed by atoms with Crippen LogP contribution in [-0.2, 0) is 13.2 Å². The summed E-state index contributed by atoms with van der Waals surface area (Å²) < 4.78 is 0. The predicted octanol–water partition coefficient (Wildman–Crippen LogP) is 6.74. The second kappa shape index (κ2) is 8.84. The topological polar surface area (TPSA) is 56.1 Å². The Bertz CT molecular complexity index is 1610. The maximum absolute atomic E-state index is 9.46. The fourth-order valence-electron chi connectivity index (χ4n) is 4.78. The molecule has 0 aliphatic carbocycles. The minimum atomic E-state index is -0.00338. The van der Waals surface area contributed by atoms with Crippen LogP contribution in [0.3, 0.4) is 0 Å². The van der Waals surface area contributed by atoms with Crippen molar-refractivity contribution in [1.82, 2.24) is 0 Å². The van der Waals surface area contributed by atoms with E-state index < -0.39 is 0 Å². The summed E-state index contributed by atoms with van der Waals surface area (Å²) in [6, 6.07) is 34.8. The van der Waals surface area contributed by atoms with Gasteiger partial charge in [-0.15, -0.1) is 0 Å². The molecule has 6 rings (SSSR count).